The number of sulfonamides is 1. The number of amides is 1. The van der Waals surface area contributed by atoms with Crippen molar-refractivity contribution in [2.45, 2.75) is 68.2 Å². The molecular weight excluding hydrogens is 392 g/mol. The summed E-state index contributed by atoms with van der Waals surface area (Å²) in [5, 5.41) is 2.85. The van der Waals surface area contributed by atoms with E-state index >= 15 is 0 Å². The summed E-state index contributed by atoms with van der Waals surface area (Å²) in [5.74, 6) is -0.899. The van der Waals surface area contributed by atoms with Crippen LogP contribution >= 0.6 is 0 Å². The number of nitrogens with zero attached hydrogens (tertiary/aromatic N) is 1. The highest BCUT2D eigenvalue weighted by Gasteiger charge is 2.42. The molecule has 2 aliphatic rings. The highest BCUT2D eigenvalue weighted by molar-refractivity contribution is 7.89. The van der Waals surface area contributed by atoms with Gasteiger partial charge in [-0.15, -0.1) is 0 Å². The Morgan fingerprint density at radius 3 is 2.24 bits per heavy atom. The molecule has 1 heterocycles. The molecule has 2 fully saturated rings. The van der Waals surface area contributed by atoms with Crippen LogP contribution in [-0.2, 0) is 19.6 Å². The first-order valence-electron chi connectivity index (χ1n) is 10.4. The van der Waals surface area contributed by atoms with Gasteiger partial charge in [0.25, 0.3) is 5.91 Å². The van der Waals surface area contributed by atoms with Crippen molar-refractivity contribution in [2.24, 2.45) is 0 Å². The van der Waals surface area contributed by atoms with Crippen molar-refractivity contribution in [3.05, 3.63) is 29.8 Å². The molecule has 3 rings (SSSR count). The number of carbonyl (C=O) groups excluding carboxylic acids is 2. The number of esters is 1. The predicted octanol–water partition coefficient (Wildman–Crippen LogP) is 2.86. The first-order chi connectivity index (χ1) is 13.9. The van der Waals surface area contributed by atoms with Gasteiger partial charge >= 0.3 is 5.97 Å². The van der Waals surface area contributed by atoms with Crippen LogP contribution in [-0.4, -0.2) is 50.3 Å². The van der Waals surface area contributed by atoms with Gasteiger partial charge in [-0.2, -0.15) is 4.31 Å². The summed E-state index contributed by atoms with van der Waals surface area (Å²) in [6, 6.07) is 6.08. The Kier molecular flexibility index (Phi) is 6.95. The normalized spacial score (nSPS) is 20.4. The number of nitrogens with one attached hydrogen (secondary N) is 1. The quantitative estimate of drug-likeness (QED) is 0.737. The average molecular weight is 423 g/mol. The molecule has 1 saturated carbocycles. The van der Waals surface area contributed by atoms with Crippen LogP contribution in [0.3, 0.4) is 0 Å². The second-order valence-electron chi connectivity index (χ2n) is 7.93. The maximum atomic E-state index is 13.0. The van der Waals surface area contributed by atoms with Gasteiger partial charge < -0.3 is 10.1 Å². The zero-order valence-corrected chi connectivity index (χ0v) is 17.8. The molecule has 7 nitrogen and oxygen atoms in total. The van der Waals surface area contributed by atoms with Crippen LogP contribution < -0.4 is 5.32 Å². The van der Waals surface area contributed by atoms with Crippen LogP contribution in [0.15, 0.2) is 29.2 Å². The summed E-state index contributed by atoms with van der Waals surface area (Å²) in [7, 11) is -2.33. The number of rotatable bonds is 5. The smallest absolute Gasteiger partial charge is 0.331 e. The molecule has 1 saturated heterocycles. The van der Waals surface area contributed by atoms with Crippen molar-refractivity contribution in [1.82, 2.24) is 9.62 Å². The molecular formula is C21H30N2O5S. The van der Waals surface area contributed by atoms with Crippen molar-refractivity contribution in [2.75, 3.05) is 20.2 Å². The first-order valence-corrected chi connectivity index (χ1v) is 11.8. The minimum atomic E-state index is -3.65. The highest BCUT2D eigenvalue weighted by Crippen LogP contribution is 2.30. The van der Waals surface area contributed by atoms with Crippen molar-refractivity contribution in [3.8, 4) is 0 Å². The van der Waals surface area contributed by atoms with Crippen molar-refractivity contribution < 1.29 is 22.7 Å². The first kappa shape index (κ1) is 21.8. The Labute approximate surface area is 172 Å². The fourth-order valence-corrected chi connectivity index (χ4v) is 5.81. The molecule has 160 valence electrons. The van der Waals surface area contributed by atoms with E-state index in [2.05, 4.69) is 5.32 Å². The fourth-order valence-electron chi connectivity index (χ4n) is 4.25. The van der Waals surface area contributed by atoms with Crippen molar-refractivity contribution in [3.63, 3.8) is 0 Å². The van der Waals surface area contributed by atoms with E-state index in [-0.39, 0.29) is 10.5 Å². The van der Waals surface area contributed by atoms with Crippen LogP contribution in [0, 0.1) is 0 Å². The summed E-state index contributed by atoms with van der Waals surface area (Å²) in [6.45, 7) is 1.01. The van der Waals surface area contributed by atoms with Crippen LogP contribution in [0.4, 0.5) is 0 Å². The Hall–Kier alpha value is -1.93. The van der Waals surface area contributed by atoms with E-state index in [1.807, 2.05) is 0 Å². The van der Waals surface area contributed by atoms with Crippen LogP contribution in [0.5, 0.6) is 0 Å². The standard InChI is InChI=1S/C21H30N2O5S/c1-28-20(25)21(12-5-4-6-13-21)22-19(24)17-10-9-11-18(16-17)29(26,27)23-14-7-2-3-8-15-23/h9-11,16H,2-8,12-15H2,1H3,(H,22,24). The minimum absolute atomic E-state index is 0.114. The van der Waals surface area contributed by atoms with Gasteiger partial charge in [-0.05, 0) is 43.9 Å². The average Bonchev–Trinajstić information content (AvgIpc) is 3.04. The number of hydrogen-bond donors (Lipinski definition) is 1. The monoisotopic (exact) mass is 422 g/mol. The molecule has 1 amide bonds. The molecule has 0 bridgehead atoms. The molecule has 1 aromatic rings. The molecule has 0 spiro atoms. The predicted molar refractivity (Wildman–Crippen MR) is 109 cm³/mol. The lowest BCUT2D eigenvalue weighted by atomic mass is 9.81. The van der Waals surface area contributed by atoms with E-state index in [9.17, 15) is 18.0 Å². The Bertz CT molecular complexity index is 838. The van der Waals surface area contributed by atoms with Gasteiger partial charge in [0.05, 0.1) is 12.0 Å². The third-order valence-electron chi connectivity index (χ3n) is 5.94. The third kappa shape index (κ3) is 4.80. The Morgan fingerprint density at radius 2 is 1.62 bits per heavy atom. The van der Waals surface area contributed by atoms with Gasteiger partial charge in [-0.3, -0.25) is 4.79 Å². The highest BCUT2D eigenvalue weighted by atomic mass is 32.2. The van der Waals surface area contributed by atoms with E-state index in [1.54, 1.807) is 12.1 Å². The summed E-state index contributed by atoms with van der Waals surface area (Å²) in [4.78, 5) is 25.4. The molecule has 29 heavy (non-hydrogen) atoms. The second-order valence-corrected chi connectivity index (χ2v) is 9.87. The lowest BCUT2D eigenvalue weighted by Gasteiger charge is -2.35. The van der Waals surface area contributed by atoms with E-state index in [0.29, 0.717) is 25.9 Å². The molecule has 1 N–H and O–H groups in total. The molecule has 1 aromatic carbocycles. The molecule has 1 aliphatic carbocycles. The molecule has 0 radical (unpaired) electrons. The maximum Gasteiger partial charge on any atom is 0.331 e. The third-order valence-corrected chi connectivity index (χ3v) is 7.83. The summed E-state index contributed by atoms with van der Waals surface area (Å²) in [6.07, 6.45) is 7.49. The Balaban J connectivity index is 1.82. The fraction of sp³-hybridized carbons (Fsp3) is 0.619. The molecule has 0 aromatic heterocycles. The van der Waals surface area contributed by atoms with Crippen LogP contribution in [0.1, 0.15) is 68.1 Å². The largest absolute Gasteiger partial charge is 0.467 e. The second kappa shape index (κ2) is 9.26. The summed E-state index contributed by atoms with van der Waals surface area (Å²) in [5.41, 5.74) is -0.807. The molecule has 8 heteroatoms. The molecule has 1 aliphatic heterocycles. The zero-order chi connectivity index (χ0) is 20.9. The van der Waals surface area contributed by atoms with E-state index in [4.69, 9.17) is 4.74 Å². The number of methoxy groups -OCH3 is 1. The van der Waals surface area contributed by atoms with Crippen molar-refractivity contribution in [1.29, 1.82) is 0 Å². The van der Waals surface area contributed by atoms with Gasteiger partial charge in [0.1, 0.15) is 5.54 Å². The van der Waals surface area contributed by atoms with E-state index in [0.717, 1.165) is 44.9 Å². The van der Waals surface area contributed by atoms with Gasteiger partial charge in [0.2, 0.25) is 10.0 Å². The van der Waals surface area contributed by atoms with Crippen LogP contribution in [0.2, 0.25) is 0 Å². The van der Waals surface area contributed by atoms with Gasteiger partial charge in [0.15, 0.2) is 0 Å². The van der Waals surface area contributed by atoms with Gasteiger partial charge in [-0.25, -0.2) is 13.2 Å². The summed E-state index contributed by atoms with van der Waals surface area (Å²) < 4.78 is 32.5. The van der Waals surface area contributed by atoms with Gasteiger partial charge in [-0.1, -0.05) is 38.2 Å². The number of benzene rings is 1. The SMILES string of the molecule is COC(=O)C1(NC(=O)c2cccc(S(=O)(=O)N3CCCCCC3)c2)CCCCC1. The summed E-state index contributed by atoms with van der Waals surface area (Å²) >= 11 is 0. The minimum Gasteiger partial charge on any atom is -0.467 e. The Morgan fingerprint density at radius 1 is 1.00 bits per heavy atom. The number of ether oxygens (including phenoxy) is 1. The number of hydrogen-bond acceptors (Lipinski definition) is 5. The molecule has 0 atom stereocenters. The van der Waals surface area contributed by atoms with Crippen molar-refractivity contribution >= 4 is 21.9 Å². The topological polar surface area (TPSA) is 92.8 Å². The lowest BCUT2D eigenvalue weighted by Crippen LogP contribution is -2.56. The van der Waals surface area contributed by atoms with E-state index in [1.165, 1.54) is 23.5 Å². The van der Waals surface area contributed by atoms with E-state index < -0.39 is 27.4 Å². The lowest BCUT2D eigenvalue weighted by molar-refractivity contribution is -0.149. The molecule has 0 unspecified atom stereocenters. The van der Waals surface area contributed by atoms with Gasteiger partial charge in [0, 0.05) is 18.7 Å². The van der Waals surface area contributed by atoms with Crippen LogP contribution in [0.25, 0.3) is 0 Å². The zero-order valence-electron chi connectivity index (χ0n) is 17.0. The number of carbonyl (C=O) groups is 2. The maximum absolute atomic E-state index is 13.0.